The molecule has 0 spiro atoms. The molecule has 4 nitrogen and oxygen atoms in total. The van der Waals surface area contributed by atoms with E-state index in [9.17, 15) is 13.2 Å². The van der Waals surface area contributed by atoms with E-state index in [1.165, 1.54) is 6.92 Å². The van der Waals surface area contributed by atoms with Gasteiger partial charge in [-0.25, -0.2) is 0 Å². The number of aromatic nitrogens is 2. The van der Waals surface area contributed by atoms with Crippen LogP contribution in [0.4, 0.5) is 18.9 Å². The highest BCUT2D eigenvalue weighted by Crippen LogP contribution is 2.50. The van der Waals surface area contributed by atoms with Gasteiger partial charge in [0.25, 0.3) is 0 Å². The van der Waals surface area contributed by atoms with Crippen molar-refractivity contribution in [3.05, 3.63) is 11.4 Å². The summed E-state index contributed by atoms with van der Waals surface area (Å²) in [5.74, 6) is -1.02. The number of alkyl halides is 3. The van der Waals surface area contributed by atoms with Crippen molar-refractivity contribution in [2.75, 3.05) is 18.5 Å². The monoisotopic (exact) mass is 289 g/mol. The van der Waals surface area contributed by atoms with Gasteiger partial charge in [0, 0.05) is 19.5 Å². The molecule has 1 aliphatic heterocycles. The molecule has 20 heavy (non-hydrogen) atoms. The quantitative estimate of drug-likeness (QED) is 0.809. The fraction of sp³-hybridized carbons (Fsp3) is 0.692. The largest absolute Gasteiger partial charge is 0.397 e. The molecule has 0 amide bonds. The van der Waals surface area contributed by atoms with E-state index in [4.69, 9.17) is 4.79 Å². The molecule has 1 aromatic heterocycles. The van der Waals surface area contributed by atoms with Gasteiger partial charge in [-0.1, -0.05) is 0 Å². The lowest BCUT2D eigenvalue weighted by atomic mass is 9.94. The van der Waals surface area contributed by atoms with E-state index in [2.05, 4.69) is 10.2 Å². The molecule has 7 heteroatoms. The molecule has 1 atom stereocenters. The molecule has 1 aliphatic carbocycles. The second-order valence-corrected chi connectivity index (χ2v) is 5.19. The summed E-state index contributed by atoms with van der Waals surface area (Å²) in [5, 5.41) is 6.73. The number of anilines is 1. The Bertz CT molecular complexity index is 480. The fourth-order valence-corrected chi connectivity index (χ4v) is 2.56. The number of hydrogen-bond donors (Lipinski definition) is 1. The van der Waals surface area contributed by atoms with E-state index in [1.54, 1.807) is 0 Å². The van der Waals surface area contributed by atoms with Crippen LogP contribution in [-0.2, 0) is 4.79 Å². The number of halogens is 3. The topological polar surface area (TPSA) is 49.0 Å². The molecule has 1 fully saturated rings. The van der Waals surface area contributed by atoms with Crippen LogP contribution in [0.1, 0.15) is 49.4 Å². The van der Waals surface area contributed by atoms with Crippen LogP contribution in [0.5, 0.6) is 0 Å². The normalized spacial score (nSPS) is 21.9. The maximum atomic E-state index is 12.9. The Hall–Kier alpha value is -1.53. The molecule has 0 saturated heterocycles. The van der Waals surface area contributed by atoms with E-state index >= 15 is 0 Å². The predicted molar refractivity (Wildman–Crippen MR) is 69.0 cm³/mol. The van der Waals surface area contributed by atoms with E-state index in [0.717, 1.165) is 24.8 Å². The number of nitrogens with one attached hydrogen (secondary N) is 1. The molecule has 1 aromatic rings. The Morgan fingerprint density at radius 1 is 1.35 bits per heavy atom. The van der Waals surface area contributed by atoms with Gasteiger partial charge in [0.05, 0.1) is 17.1 Å². The van der Waals surface area contributed by atoms with Gasteiger partial charge in [0.1, 0.15) is 12.2 Å². The minimum absolute atomic E-state index is 0.110. The van der Waals surface area contributed by atoms with E-state index in [1.807, 2.05) is 11.9 Å². The summed E-state index contributed by atoms with van der Waals surface area (Å²) in [6, 6.07) is 0. The van der Waals surface area contributed by atoms with Gasteiger partial charge in [-0.05, 0) is 26.2 Å². The summed E-state index contributed by atoms with van der Waals surface area (Å²) in [4.78, 5) is 10.7. The Labute approximate surface area is 115 Å². The SMILES string of the molecule is CC=O.CN1CCC(C(F)(F)F)c2[nH]nc(C3CC3)c21. The van der Waals surface area contributed by atoms with Crippen molar-refractivity contribution in [2.45, 2.75) is 44.2 Å². The number of hydrogen-bond acceptors (Lipinski definition) is 3. The summed E-state index contributed by atoms with van der Waals surface area (Å²) < 4.78 is 38.7. The first-order chi connectivity index (χ1) is 9.40. The number of rotatable bonds is 1. The molecular weight excluding hydrogens is 271 g/mol. The molecule has 3 rings (SSSR count). The highest BCUT2D eigenvalue weighted by Gasteiger charge is 2.47. The third kappa shape index (κ3) is 2.81. The first-order valence-corrected chi connectivity index (χ1v) is 6.66. The van der Waals surface area contributed by atoms with Crippen molar-refractivity contribution in [1.29, 1.82) is 0 Å². The highest BCUT2D eigenvalue weighted by atomic mass is 19.4. The van der Waals surface area contributed by atoms with Crippen molar-refractivity contribution in [3.63, 3.8) is 0 Å². The van der Waals surface area contributed by atoms with Crippen LogP contribution in [0.3, 0.4) is 0 Å². The van der Waals surface area contributed by atoms with E-state index in [0.29, 0.717) is 18.2 Å². The lowest BCUT2D eigenvalue weighted by Gasteiger charge is -2.31. The van der Waals surface area contributed by atoms with Gasteiger partial charge in [-0.3, -0.25) is 5.10 Å². The zero-order valence-corrected chi connectivity index (χ0v) is 11.5. The smallest absolute Gasteiger partial charge is 0.372 e. The minimum Gasteiger partial charge on any atom is -0.372 e. The Balaban J connectivity index is 0.000000452. The zero-order valence-electron chi connectivity index (χ0n) is 11.5. The van der Waals surface area contributed by atoms with Gasteiger partial charge >= 0.3 is 6.18 Å². The molecule has 0 radical (unpaired) electrons. The third-order valence-electron chi connectivity index (χ3n) is 3.64. The van der Waals surface area contributed by atoms with Gasteiger partial charge in [-0.15, -0.1) is 0 Å². The molecule has 112 valence electrons. The Kier molecular flexibility index (Phi) is 4.06. The maximum absolute atomic E-state index is 12.9. The number of carbonyl (C=O) groups excluding carboxylic acids is 1. The van der Waals surface area contributed by atoms with Crippen molar-refractivity contribution in [2.24, 2.45) is 0 Å². The van der Waals surface area contributed by atoms with Crippen LogP contribution in [0.15, 0.2) is 0 Å². The molecule has 0 bridgehead atoms. The predicted octanol–water partition coefficient (Wildman–Crippen LogP) is 2.98. The number of nitrogens with zero attached hydrogens (tertiary/aromatic N) is 2. The number of H-pyrrole nitrogens is 1. The number of carbonyl (C=O) groups is 1. The Morgan fingerprint density at radius 2 is 1.95 bits per heavy atom. The average molecular weight is 289 g/mol. The van der Waals surface area contributed by atoms with Crippen LogP contribution in [-0.4, -0.2) is 36.3 Å². The first-order valence-electron chi connectivity index (χ1n) is 6.66. The van der Waals surface area contributed by atoms with E-state index < -0.39 is 12.1 Å². The van der Waals surface area contributed by atoms with Gasteiger partial charge in [-0.2, -0.15) is 18.3 Å². The van der Waals surface area contributed by atoms with Crippen LogP contribution in [0, 0.1) is 0 Å². The van der Waals surface area contributed by atoms with Crippen LogP contribution >= 0.6 is 0 Å². The fourth-order valence-electron chi connectivity index (χ4n) is 2.56. The molecule has 2 aliphatic rings. The van der Waals surface area contributed by atoms with Crippen LogP contribution < -0.4 is 4.90 Å². The van der Waals surface area contributed by atoms with Crippen molar-refractivity contribution >= 4 is 12.0 Å². The summed E-state index contributed by atoms with van der Waals surface area (Å²) in [5.41, 5.74) is 1.78. The number of aromatic amines is 1. The average Bonchev–Trinajstić information content (AvgIpc) is 3.09. The van der Waals surface area contributed by atoms with Crippen LogP contribution in [0.25, 0.3) is 0 Å². The lowest BCUT2D eigenvalue weighted by Crippen LogP contribution is -2.33. The second kappa shape index (κ2) is 5.46. The lowest BCUT2D eigenvalue weighted by molar-refractivity contribution is -0.152. The molecule has 2 heterocycles. The van der Waals surface area contributed by atoms with Crippen molar-refractivity contribution in [3.8, 4) is 0 Å². The van der Waals surface area contributed by atoms with E-state index in [-0.39, 0.29) is 12.1 Å². The summed E-state index contributed by atoms with van der Waals surface area (Å²) in [6.45, 7) is 1.89. The van der Waals surface area contributed by atoms with Crippen LogP contribution in [0.2, 0.25) is 0 Å². The molecule has 1 saturated carbocycles. The summed E-state index contributed by atoms with van der Waals surface area (Å²) in [7, 11) is 1.84. The van der Waals surface area contributed by atoms with Crippen molar-refractivity contribution in [1.82, 2.24) is 10.2 Å². The third-order valence-corrected chi connectivity index (χ3v) is 3.64. The minimum atomic E-state index is -4.18. The number of aldehydes is 1. The summed E-state index contributed by atoms with van der Waals surface area (Å²) in [6.07, 6.45) is -1.23. The van der Waals surface area contributed by atoms with Crippen molar-refractivity contribution < 1.29 is 18.0 Å². The number of fused-ring (bicyclic) bond motifs is 1. The van der Waals surface area contributed by atoms with Gasteiger partial charge in [0.2, 0.25) is 0 Å². The second-order valence-electron chi connectivity index (χ2n) is 5.19. The Morgan fingerprint density at radius 3 is 2.45 bits per heavy atom. The van der Waals surface area contributed by atoms with Gasteiger partial charge < -0.3 is 9.69 Å². The molecule has 1 N–H and O–H groups in total. The maximum Gasteiger partial charge on any atom is 0.397 e. The molecule has 0 aromatic carbocycles. The molecule has 1 unspecified atom stereocenters. The molecular formula is C13H18F3N3O. The standard InChI is InChI=1S/C11H14F3N3.C2H4O/c1-17-5-4-7(11(12,13)14)9-10(17)8(15-16-9)6-2-3-6;1-2-3/h6-7H,2-5H2,1H3,(H,15,16);2H,1H3. The zero-order chi connectivity index (χ0) is 14.9. The highest BCUT2D eigenvalue weighted by molar-refractivity contribution is 5.60. The van der Waals surface area contributed by atoms with Gasteiger partial charge in [0.15, 0.2) is 0 Å². The first kappa shape index (κ1) is 14.9. The summed E-state index contributed by atoms with van der Waals surface area (Å²) >= 11 is 0.